The maximum Gasteiger partial charge on any atom is 0.269 e. The zero-order valence-corrected chi connectivity index (χ0v) is 15.5. The number of hydrogen-bond donors (Lipinski definition) is 3. The summed E-state index contributed by atoms with van der Waals surface area (Å²) in [7, 11) is 0. The van der Waals surface area contributed by atoms with Gasteiger partial charge in [0, 0.05) is 18.7 Å². The molecule has 0 aliphatic heterocycles. The van der Waals surface area contributed by atoms with Crippen LogP contribution < -0.4 is 20.9 Å². The number of ether oxygens (including phenoxy) is 1. The Balaban J connectivity index is 2.13. The Bertz CT molecular complexity index is 857. The lowest BCUT2D eigenvalue weighted by molar-refractivity contribution is -0.114. The smallest absolute Gasteiger partial charge is 0.269 e. The van der Waals surface area contributed by atoms with E-state index in [-0.39, 0.29) is 5.91 Å². The lowest BCUT2D eigenvalue weighted by Crippen LogP contribution is -2.39. The van der Waals surface area contributed by atoms with Crippen LogP contribution in [0.25, 0.3) is 0 Å². The standard InChI is InChI=1S/C20H22N4O3/c1-4-27-19-11-16(22-14(3)25)9-10-17(19)20(26)24-23-18(12-21)15-7-5-13(2)6-8-15/h5-11,18,23H,4H2,1-3H3,(H,22,25)(H,24,26)/t18-/m1/s1. The van der Waals surface area contributed by atoms with E-state index in [9.17, 15) is 14.9 Å². The van der Waals surface area contributed by atoms with E-state index in [1.165, 1.54) is 6.92 Å². The first kappa shape index (κ1) is 19.9. The van der Waals surface area contributed by atoms with Gasteiger partial charge in [-0.3, -0.25) is 15.0 Å². The molecule has 0 bridgehead atoms. The van der Waals surface area contributed by atoms with Gasteiger partial charge in [-0.05, 0) is 31.5 Å². The van der Waals surface area contributed by atoms with Crippen molar-refractivity contribution in [3.05, 3.63) is 59.2 Å². The van der Waals surface area contributed by atoms with E-state index < -0.39 is 11.9 Å². The van der Waals surface area contributed by atoms with Gasteiger partial charge in [0.15, 0.2) is 0 Å². The molecule has 0 radical (unpaired) electrons. The van der Waals surface area contributed by atoms with Crippen LogP contribution in [0.5, 0.6) is 5.75 Å². The Kier molecular flexibility index (Phi) is 6.92. The van der Waals surface area contributed by atoms with Gasteiger partial charge < -0.3 is 10.1 Å². The highest BCUT2D eigenvalue weighted by Gasteiger charge is 2.16. The summed E-state index contributed by atoms with van der Waals surface area (Å²) in [5, 5.41) is 12.0. The number of nitrogens with one attached hydrogen (secondary N) is 3. The van der Waals surface area contributed by atoms with Crippen LogP contribution >= 0.6 is 0 Å². The van der Waals surface area contributed by atoms with Crippen LogP contribution in [0.3, 0.4) is 0 Å². The minimum Gasteiger partial charge on any atom is -0.493 e. The van der Waals surface area contributed by atoms with Gasteiger partial charge in [0.25, 0.3) is 5.91 Å². The molecule has 1 atom stereocenters. The van der Waals surface area contributed by atoms with Gasteiger partial charge in [-0.25, -0.2) is 5.43 Å². The lowest BCUT2D eigenvalue weighted by atomic mass is 10.1. The molecule has 0 aliphatic carbocycles. The molecule has 0 aliphatic rings. The second-order valence-electron chi connectivity index (χ2n) is 5.90. The normalized spacial score (nSPS) is 11.2. The number of benzene rings is 2. The largest absolute Gasteiger partial charge is 0.493 e. The van der Waals surface area contributed by atoms with E-state index in [0.717, 1.165) is 11.1 Å². The van der Waals surface area contributed by atoms with E-state index in [1.807, 2.05) is 31.2 Å². The van der Waals surface area contributed by atoms with Crippen molar-refractivity contribution >= 4 is 17.5 Å². The Morgan fingerprint density at radius 1 is 1.19 bits per heavy atom. The minimum atomic E-state index is -0.691. The third kappa shape index (κ3) is 5.56. The fourth-order valence-electron chi connectivity index (χ4n) is 2.42. The molecule has 2 aromatic rings. The number of rotatable bonds is 7. The van der Waals surface area contributed by atoms with Gasteiger partial charge in [0.2, 0.25) is 5.91 Å². The molecule has 0 aromatic heterocycles. The van der Waals surface area contributed by atoms with E-state index in [1.54, 1.807) is 25.1 Å². The number of aryl methyl sites for hydroxylation is 1. The SMILES string of the molecule is CCOc1cc(NC(C)=O)ccc1C(=O)NN[C@H](C#N)c1ccc(C)cc1. The Morgan fingerprint density at radius 3 is 2.48 bits per heavy atom. The minimum absolute atomic E-state index is 0.216. The zero-order valence-electron chi connectivity index (χ0n) is 15.5. The fraction of sp³-hybridized carbons (Fsp3) is 0.250. The number of hydrogen-bond acceptors (Lipinski definition) is 5. The molecule has 2 rings (SSSR count). The predicted octanol–water partition coefficient (Wildman–Crippen LogP) is 2.85. The molecule has 0 heterocycles. The average molecular weight is 366 g/mol. The predicted molar refractivity (Wildman–Crippen MR) is 102 cm³/mol. The third-order valence-corrected chi connectivity index (χ3v) is 3.72. The molecule has 7 nitrogen and oxygen atoms in total. The number of hydrazine groups is 1. The van der Waals surface area contributed by atoms with Crippen LogP contribution in [0.4, 0.5) is 5.69 Å². The fourth-order valence-corrected chi connectivity index (χ4v) is 2.42. The number of carbonyl (C=O) groups excluding carboxylic acids is 2. The van der Waals surface area contributed by atoms with E-state index in [0.29, 0.717) is 23.6 Å². The van der Waals surface area contributed by atoms with Gasteiger partial charge in [0.1, 0.15) is 11.8 Å². The van der Waals surface area contributed by atoms with Crippen LogP contribution in [-0.4, -0.2) is 18.4 Å². The van der Waals surface area contributed by atoms with Gasteiger partial charge in [-0.15, -0.1) is 0 Å². The second kappa shape index (κ2) is 9.36. The Hall–Kier alpha value is -3.37. The molecule has 0 saturated heterocycles. The van der Waals surface area contributed by atoms with E-state index >= 15 is 0 Å². The Labute approximate surface area is 158 Å². The summed E-state index contributed by atoms with van der Waals surface area (Å²) in [5.41, 5.74) is 7.93. The highest BCUT2D eigenvalue weighted by Crippen LogP contribution is 2.24. The zero-order chi connectivity index (χ0) is 19.8. The summed E-state index contributed by atoms with van der Waals surface area (Å²) >= 11 is 0. The molecule has 0 saturated carbocycles. The molecule has 0 fully saturated rings. The molecule has 0 spiro atoms. The van der Waals surface area contributed by atoms with Crippen molar-refractivity contribution in [2.24, 2.45) is 0 Å². The Morgan fingerprint density at radius 2 is 1.89 bits per heavy atom. The van der Waals surface area contributed by atoms with Crippen LogP contribution in [0.1, 0.15) is 41.4 Å². The average Bonchev–Trinajstić information content (AvgIpc) is 2.63. The van der Waals surface area contributed by atoms with Crippen molar-refractivity contribution in [2.45, 2.75) is 26.8 Å². The molecule has 7 heteroatoms. The van der Waals surface area contributed by atoms with Crippen molar-refractivity contribution in [1.82, 2.24) is 10.9 Å². The van der Waals surface area contributed by atoms with Crippen molar-refractivity contribution in [2.75, 3.05) is 11.9 Å². The summed E-state index contributed by atoms with van der Waals surface area (Å²) in [5.74, 6) is -0.321. The van der Waals surface area contributed by atoms with Crippen LogP contribution in [0.2, 0.25) is 0 Å². The van der Waals surface area contributed by atoms with Gasteiger partial charge in [0.05, 0.1) is 18.2 Å². The first-order chi connectivity index (χ1) is 12.9. The summed E-state index contributed by atoms with van der Waals surface area (Å²) in [6.07, 6.45) is 0. The highest BCUT2D eigenvalue weighted by molar-refractivity contribution is 5.98. The molecule has 0 unspecified atom stereocenters. The highest BCUT2D eigenvalue weighted by atomic mass is 16.5. The van der Waals surface area contributed by atoms with Gasteiger partial charge in [-0.1, -0.05) is 29.8 Å². The molecular formula is C20H22N4O3. The van der Waals surface area contributed by atoms with Crippen molar-refractivity contribution < 1.29 is 14.3 Å². The topological polar surface area (TPSA) is 103 Å². The quantitative estimate of drug-likeness (QED) is 0.654. The molecule has 3 N–H and O–H groups in total. The lowest BCUT2D eigenvalue weighted by Gasteiger charge is -2.15. The van der Waals surface area contributed by atoms with E-state index in [4.69, 9.17) is 4.74 Å². The van der Waals surface area contributed by atoms with Crippen LogP contribution in [0.15, 0.2) is 42.5 Å². The maximum atomic E-state index is 12.5. The summed E-state index contributed by atoms with van der Waals surface area (Å²) < 4.78 is 5.51. The maximum absolute atomic E-state index is 12.5. The summed E-state index contributed by atoms with van der Waals surface area (Å²) in [4.78, 5) is 23.7. The first-order valence-corrected chi connectivity index (χ1v) is 8.51. The van der Waals surface area contributed by atoms with E-state index in [2.05, 4.69) is 22.2 Å². The molecule has 27 heavy (non-hydrogen) atoms. The third-order valence-electron chi connectivity index (χ3n) is 3.72. The van der Waals surface area contributed by atoms with Crippen molar-refractivity contribution in [3.8, 4) is 11.8 Å². The number of anilines is 1. The molecule has 2 amide bonds. The first-order valence-electron chi connectivity index (χ1n) is 8.51. The number of carbonyl (C=O) groups is 2. The van der Waals surface area contributed by atoms with Crippen molar-refractivity contribution in [3.63, 3.8) is 0 Å². The molecule has 2 aromatic carbocycles. The molecule has 140 valence electrons. The monoisotopic (exact) mass is 366 g/mol. The number of nitriles is 1. The summed E-state index contributed by atoms with van der Waals surface area (Å²) in [6, 6.07) is 13.6. The van der Waals surface area contributed by atoms with Crippen molar-refractivity contribution in [1.29, 1.82) is 5.26 Å². The summed E-state index contributed by atoms with van der Waals surface area (Å²) in [6.45, 7) is 5.52. The number of nitrogens with zero attached hydrogens (tertiary/aromatic N) is 1. The van der Waals surface area contributed by atoms with Gasteiger partial charge in [-0.2, -0.15) is 5.26 Å². The number of amides is 2. The molecular weight excluding hydrogens is 344 g/mol. The second-order valence-corrected chi connectivity index (χ2v) is 5.90. The van der Waals surface area contributed by atoms with Crippen LogP contribution in [0, 0.1) is 18.3 Å². The van der Waals surface area contributed by atoms with Gasteiger partial charge >= 0.3 is 0 Å². The van der Waals surface area contributed by atoms with Crippen LogP contribution in [-0.2, 0) is 4.79 Å².